The third kappa shape index (κ3) is 4.96. The normalized spacial score (nSPS) is 15.3. The van der Waals surface area contributed by atoms with Crippen LogP contribution in [0.1, 0.15) is 28.1 Å². The number of nitrogens with zero attached hydrogens (tertiary/aromatic N) is 1. The van der Waals surface area contributed by atoms with Crippen molar-refractivity contribution in [2.24, 2.45) is 5.92 Å². The maximum absolute atomic E-state index is 12.8. The molecule has 170 valence electrons. The highest BCUT2D eigenvalue weighted by Crippen LogP contribution is 2.35. The maximum atomic E-state index is 12.8. The van der Waals surface area contributed by atoms with Gasteiger partial charge in [-0.1, -0.05) is 18.2 Å². The predicted molar refractivity (Wildman–Crippen MR) is 125 cm³/mol. The van der Waals surface area contributed by atoms with Gasteiger partial charge >= 0.3 is 0 Å². The minimum Gasteiger partial charge on any atom is -0.489 e. The highest BCUT2D eigenvalue weighted by atomic mass is 32.1. The molecule has 3 heterocycles. The van der Waals surface area contributed by atoms with Crippen LogP contribution in [0.3, 0.4) is 0 Å². The van der Waals surface area contributed by atoms with Crippen molar-refractivity contribution in [3.63, 3.8) is 0 Å². The number of piperidine rings is 1. The summed E-state index contributed by atoms with van der Waals surface area (Å²) >= 11 is 1.45. The van der Waals surface area contributed by atoms with E-state index >= 15 is 0 Å². The van der Waals surface area contributed by atoms with Crippen molar-refractivity contribution in [1.82, 2.24) is 4.90 Å². The van der Waals surface area contributed by atoms with Crippen LogP contribution in [0, 0.1) is 5.92 Å². The van der Waals surface area contributed by atoms with Gasteiger partial charge in [-0.05, 0) is 54.1 Å². The van der Waals surface area contributed by atoms with Crippen molar-refractivity contribution in [2.75, 3.05) is 25.2 Å². The molecule has 0 aliphatic carbocycles. The fourth-order valence-electron chi connectivity index (χ4n) is 4.02. The van der Waals surface area contributed by atoms with Crippen molar-refractivity contribution in [3.8, 4) is 17.2 Å². The summed E-state index contributed by atoms with van der Waals surface area (Å²) < 4.78 is 16.6. The molecule has 1 saturated heterocycles. The summed E-state index contributed by atoms with van der Waals surface area (Å²) in [4.78, 5) is 27.9. The van der Waals surface area contributed by atoms with Gasteiger partial charge in [0.25, 0.3) is 5.91 Å². The molecular formula is C25H24N2O5S. The second-order valence-electron chi connectivity index (χ2n) is 8.04. The van der Waals surface area contributed by atoms with E-state index in [-0.39, 0.29) is 24.5 Å². The van der Waals surface area contributed by atoms with E-state index in [1.54, 1.807) is 0 Å². The van der Waals surface area contributed by atoms with E-state index in [2.05, 4.69) is 5.32 Å². The van der Waals surface area contributed by atoms with Crippen molar-refractivity contribution in [1.29, 1.82) is 0 Å². The van der Waals surface area contributed by atoms with E-state index in [0.717, 1.165) is 16.1 Å². The zero-order valence-electron chi connectivity index (χ0n) is 18.0. The number of thiophene rings is 1. The number of nitrogens with one attached hydrogen (secondary N) is 1. The van der Waals surface area contributed by atoms with Crippen molar-refractivity contribution < 1.29 is 23.8 Å². The smallest absolute Gasteiger partial charge is 0.263 e. The van der Waals surface area contributed by atoms with Crippen molar-refractivity contribution in [3.05, 3.63) is 70.4 Å². The molecule has 8 heteroatoms. The number of fused-ring (bicyclic) bond motifs is 1. The van der Waals surface area contributed by atoms with Gasteiger partial charge in [-0.25, -0.2) is 0 Å². The Hall–Kier alpha value is -3.52. The Labute approximate surface area is 195 Å². The Morgan fingerprint density at radius 2 is 1.88 bits per heavy atom. The lowest BCUT2D eigenvalue weighted by atomic mass is 9.95. The van der Waals surface area contributed by atoms with Crippen LogP contribution < -0.4 is 19.5 Å². The number of ether oxygens (including phenoxy) is 3. The lowest BCUT2D eigenvalue weighted by molar-refractivity contribution is -0.121. The lowest BCUT2D eigenvalue weighted by Gasteiger charge is -2.31. The van der Waals surface area contributed by atoms with E-state index in [1.807, 2.05) is 64.9 Å². The topological polar surface area (TPSA) is 77.1 Å². The molecule has 0 bridgehead atoms. The van der Waals surface area contributed by atoms with Gasteiger partial charge < -0.3 is 24.4 Å². The SMILES string of the molecule is O=C(Nc1cccc(COc2ccc3c(c2)OCO3)c1)C1CCN(C(=O)c2cccs2)CC1. The monoisotopic (exact) mass is 464 g/mol. The van der Waals surface area contributed by atoms with E-state index in [1.165, 1.54) is 11.3 Å². The Morgan fingerprint density at radius 1 is 1.03 bits per heavy atom. The largest absolute Gasteiger partial charge is 0.489 e. The molecule has 2 aliphatic heterocycles. The number of carbonyl (C=O) groups is 2. The van der Waals surface area contributed by atoms with Gasteiger partial charge in [0.15, 0.2) is 11.5 Å². The molecule has 1 fully saturated rings. The molecular weight excluding hydrogens is 440 g/mol. The standard InChI is InChI=1S/C25H24N2O5S/c28-24(18-8-10-27(11-9-18)25(29)23-5-2-12-33-23)26-19-4-1-3-17(13-19)15-30-20-6-7-21-22(14-20)32-16-31-21/h1-7,12-14,18H,8-11,15-16H2,(H,26,28). The molecule has 33 heavy (non-hydrogen) atoms. The first-order chi connectivity index (χ1) is 16.2. The van der Waals surface area contributed by atoms with Gasteiger partial charge in [0.2, 0.25) is 12.7 Å². The molecule has 0 radical (unpaired) electrons. The molecule has 5 rings (SSSR count). The summed E-state index contributed by atoms with van der Waals surface area (Å²) in [6.07, 6.45) is 1.33. The summed E-state index contributed by atoms with van der Waals surface area (Å²) in [5.41, 5.74) is 1.69. The average molecular weight is 465 g/mol. The van der Waals surface area contributed by atoms with Gasteiger partial charge in [-0.15, -0.1) is 11.3 Å². The maximum Gasteiger partial charge on any atom is 0.263 e. The fourth-order valence-corrected chi connectivity index (χ4v) is 4.71. The molecule has 0 spiro atoms. The van der Waals surface area contributed by atoms with Gasteiger partial charge in [0.1, 0.15) is 12.4 Å². The zero-order valence-corrected chi connectivity index (χ0v) is 18.8. The molecule has 2 aromatic carbocycles. The third-order valence-corrected chi connectivity index (χ3v) is 6.69. The quantitative estimate of drug-likeness (QED) is 0.579. The number of benzene rings is 2. The number of rotatable bonds is 6. The van der Waals surface area contributed by atoms with Gasteiger partial charge in [0.05, 0.1) is 4.88 Å². The predicted octanol–water partition coefficient (Wildman–Crippen LogP) is 4.55. The number of likely N-dealkylation sites (tertiary alicyclic amines) is 1. The molecule has 0 atom stereocenters. The van der Waals surface area contributed by atoms with Crippen LogP contribution in [-0.2, 0) is 11.4 Å². The molecule has 2 aliphatic rings. The Morgan fingerprint density at radius 3 is 2.70 bits per heavy atom. The number of amides is 2. The molecule has 3 aromatic rings. The Balaban J connectivity index is 1.13. The molecule has 2 amide bonds. The first-order valence-electron chi connectivity index (χ1n) is 10.9. The summed E-state index contributed by atoms with van der Waals surface area (Å²) in [6.45, 7) is 1.79. The second-order valence-corrected chi connectivity index (χ2v) is 8.98. The zero-order chi connectivity index (χ0) is 22.6. The van der Waals surface area contributed by atoms with Gasteiger partial charge in [-0.2, -0.15) is 0 Å². The highest BCUT2D eigenvalue weighted by molar-refractivity contribution is 7.12. The Bertz CT molecular complexity index is 1140. The summed E-state index contributed by atoms with van der Waals surface area (Å²) in [7, 11) is 0. The summed E-state index contributed by atoms with van der Waals surface area (Å²) in [6, 6.07) is 16.8. The molecule has 0 unspecified atom stereocenters. The minimum atomic E-state index is -0.106. The van der Waals surface area contributed by atoms with Crippen LogP contribution in [0.2, 0.25) is 0 Å². The van der Waals surface area contributed by atoms with E-state index < -0.39 is 0 Å². The first kappa shape index (κ1) is 21.3. The minimum absolute atomic E-state index is 0.00735. The van der Waals surface area contributed by atoms with Crippen molar-refractivity contribution >= 4 is 28.8 Å². The highest BCUT2D eigenvalue weighted by Gasteiger charge is 2.28. The van der Waals surface area contributed by atoms with E-state index in [4.69, 9.17) is 14.2 Å². The van der Waals surface area contributed by atoms with Crippen LogP contribution in [0.15, 0.2) is 60.0 Å². The average Bonchev–Trinajstić information content (AvgIpc) is 3.55. The van der Waals surface area contributed by atoms with Crippen molar-refractivity contribution in [2.45, 2.75) is 19.4 Å². The number of hydrogen-bond acceptors (Lipinski definition) is 6. The third-order valence-electron chi connectivity index (χ3n) is 5.83. The van der Waals surface area contributed by atoms with E-state index in [9.17, 15) is 9.59 Å². The molecule has 0 saturated carbocycles. The lowest BCUT2D eigenvalue weighted by Crippen LogP contribution is -2.41. The summed E-state index contributed by atoms with van der Waals surface area (Å²) in [5, 5.41) is 4.93. The van der Waals surface area contributed by atoms with Crippen LogP contribution in [0.25, 0.3) is 0 Å². The first-order valence-corrected chi connectivity index (χ1v) is 11.8. The molecule has 7 nitrogen and oxygen atoms in total. The van der Waals surface area contributed by atoms with Crippen LogP contribution >= 0.6 is 11.3 Å². The van der Waals surface area contributed by atoms with E-state index in [0.29, 0.717) is 49.8 Å². The Kier molecular flexibility index (Phi) is 6.17. The number of anilines is 1. The number of carbonyl (C=O) groups excluding carboxylic acids is 2. The molecule has 1 aromatic heterocycles. The molecule has 1 N–H and O–H groups in total. The van der Waals surface area contributed by atoms with Gasteiger partial charge in [0, 0.05) is 30.8 Å². The fraction of sp³-hybridized carbons (Fsp3) is 0.280. The number of hydrogen-bond donors (Lipinski definition) is 1. The van der Waals surface area contributed by atoms with Crippen LogP contribution in [0.4, 0.5) is 5.69 Å². The van der Waals surface area contributed by atoms with Gasteiger partial charge in [-0.3, -0.25) is 9.59 Å². The van der Waals surface area contributed by atoms with Crippen LogP contribution in [0.5, 0.6) is 17.2 Å². The van der Waals surface area contributed by atoms with Crippen LogP contribution in [-0.4, -0.2) is 36.6 Å². The second kappa shape index (κ2) is 9.54. The summed E-state index contributed by atoms with van der Waals surface area (Å²) in [5.74, 6) is 2.03.